The van der Waals surface area contributed by atoms with E-state index in [1.54, 1.807) is 6.07 Å². The SMILES string of the molecule is CC1CCCN(C(=O)C2CCN(c3ccc(C(=O)Nc4ccccc4)nn3)CC2)C1. The first kappa shape index (κ1) is 20.3. The number of nitrogens with zero attached hydrogens (tertiary/aromatic N) is 4. The lowest BCUT2D eigenvalue weighted by Gasteiger charge is -2.37. The van der Waals surface area contributed by atoms with Gasteiger partial charge in [-0.25, -0.2) is 0 Å². The number of para-hydroxylation sites is 1. The number of hydrogen-bond acceptors (Lipinski definition) is 5. The number of amides is 2. The molecule has 0 saturated carbocycles. The summed E-state index contributed by atoms with van der Waals surface area (Å²) in [5.41, 5.74) is 1.01. The monoisotopic (exact) mass is 407 g/mol. The first-order valence-electron chi connectivity index (χ1n) is 10.8. The molecular formula is C23H29N5O2. The van der Waals surface area contributed by atoms with Gasteiger partial charge in [0, 0.05) is 37.8 Å². The van der Waals surface area contributed by atoms with E-state index in [-0.39, 0.29) is 17.5 Å². The lowest BCUT2D eigenvalue weighted by molar-refractivity contribution is -0.137. The molecule has 3 heterocycles. The second kappa shape index (κ2) is 9.24. The van der Waals surface area contributed by atoms with E-state index in [1.807, 2.05) is 36.4 Å². The normalized spacial score (nSPS) is 20.1. The molecule has 0 bridgehead atoms. The summed E-state index contributed by atoms with van der Waals surface area (Å²) in [7, 11) is 0. The Balaban J connectivity index is 1.30. The van der Waals surface area contributed by atoms with Crippen LogP contribution in [0.4, 0.5) is 11.5 Å². The van der Waals surface area contributed by atoms with E-state index >= 15 is 0 Å². The van der Waals surface area contributed by atoms with Crippen LogP contribution in [0, 0.1) is 11.8 Å². The molecule has 30 heavy (non-hydrogen) atoms. The molecule has 1 aromatic heterocycles. The van der Waals surface area contributed by atoms with Gasteiger partial charge in [-0.3, -0.25) is 9.59 Å². The van der Waals surface area contributed by atoms with Crippen LogP contribution in [0.1, 0.15) is 43.1 Å². The first-order valence-corrected chi connectivity index (χ1v) is 10.8. The van der Waals surface area contributed by atoms with Gasteiger partial charge in [-0.1, -0.05) is 25.1 Å². The molecule has 2 aliphatic rings. The largest absolute Gasteiger partial charge is 0.355 e. The number of likely N-dealkylation sites (tertiary alicyclic amines) is 1. The van der Waals surface area contributed by atoms with Crippen molar-refractivity contribution in [2.75, 3.05) is 36.4 Å². The van der Waals surface area contributed by atoms with Crippen LogP contribution in [0.3, 0.4) is 0 Å². The van der Waals surface area contributed by atoms with Crippen LogP contribution >= 0.6 is 0 Å². The van der Waals surface area contributed by atoms with Crippen molar-refractivity contribution < 1.29 is 9.59 Å². The summed E-state index contributed by atoms with van der Waals surface area (Å²) in [4.78, 5) is 29.4. The topological polar surface area (TPSA) is 78.4 Å². The summed E-state index contributed by atoms with van der Waals surface area (Å²) in [5, 5.41) is 11.2. The van der Waals surface area contributed by atoms with E-state index in [0.717, 1.165) is 56.9 Å². The molecule has 1 aromatic carbocycles. The van der Waals surface area contributed by atoms with Gasteiger partial charge in [0.25, 0.3) is 5.91 Å². The summed E-state index contributed by atoms with van der Waals surface area (Å²) in [6.07, 6.45) is 4.01. The maximum absolute atomic E-state index is 12.8. The third-order valence-electron chi connectivity index (χ3n) is 6.05. The fraction of sp³-hybridized carbons (Fsp3) is 0.478. The highest BCUT2D eigenvalue weighted by atomic mass is 16.2. The Bertz CT molecular complexity index is 863. The highest BCUT2D eigenvalue weighted by Gasteiger charge is 2.31. The van der Waals surface area contributed by atoms with Crippen molar-refractivity contribution in [1.82, 2.24) is 15.1 Å². The minimum Gasteiger partial charge on any atom is -0.355 e. The number of hydrogen-bond donors (Lipinski definition) is 1. The Morgan fingerprint density at radius 3 is 2.40 bits per heavy atom. The second-order valence-corrected chi connectivity index (χ2v) is 8.39. The lowest BCUT2D eigenvalue weighted by atomic mass is 9.93. The summed E-state index contributed by atoms with van der Waals surface area (Å²) in [5.74, 6) is 1.51. The van der Waals surface area contributed by atoms with E-state index < -0.39 is 0 Å². The molecule has 1 unspecified atom stereocenters. The van der Waals surface area contributed by atoms with Gasteiger partial charge in [0.1, 0.15) is 0 Å². The highest BCUT2D eigenvalue weighted by molar-refractivity contribution is 6.02. The van der Waals surface area contributed by atoms with Crippen molar-refractivity contribution in [3.8, 4) is 0 Å². The number of nitrogens with one attached hydrogen (secondary N) is 1. The summed E-state index contributed by atoms with van der Waals surface area (Å²) >= 11 is 0. The Morgan fingerprint density at radius 1 is 0.967 bits per heavy atom. The summed E-state index contributed by atoms with van der Waals surface area (Å²) in [6, 6.07) is 12.8. The number of aromatic nitrogens is 2. The predicted molar refractivity (Wildman–Crippen MR) is 116 cm³/mol. The van der Waals surface area contributed by atoms with E-state index in [1.165, 1.54) is 6.42 Å². The Hall–Kier alpha value is -2.96. The zero-order valence-corrected chi connectivity index (χ0v) is 17.5. The van der Waals surface area contributed by atoms with Crippen molar-refractivity contribution in [2.24, 2.45) is 11.8 Å². The van der Waals surface area contributed by atoms with Crippen LogP contribution in [0.15, 0.2) is 42.5 Å². The fourth-order valence-corrected chi connectivity index (χ4v) is 4.33. The maximum Gasteiger partial charge on any atom is 0.276 e. The van der Waals surface area contributed by atoms with Gasteiger partial charge in [0.05, 0.1) is 0 Å². The maximum atomic E-state index is 12.8. The number of benzene rings is 1. The molecule has 2 amide bonds. The van der Waals surface area contributed by atoms with Crippen LogP contribution in [0.5, 0.6) is 0 Å². The summed E-state index contributed by atoms with van der Waals surface area (Å²) in [6.45, 7) is 5.59. The smallest absolute Gasteiger partial charge is 0.276 e. The zero-order chi connectivity index (χ0) is 20.9. The van der Waals surface area contributed by atoms with Gasteiger partial charge in [-0.15, -0.1) is 10.2 Å². The average molecular weight is 408 g/mol. The zero-order valence-electron chi connectivity index (χ0n) is 17.5. The number of carbonyl (C=O) groups excluding carboxylic acids is 2. The van der Waals surface area contributed by atoms with Crippen LogP contribution in [-0.2, 0) is 4.79 Å². The standard InChI is InChI=1S/C23H29N5O2/c1-17-6-5-13-28(16-17)23(30)18-11-14-27(15-12-18)21-10-9-20(25-26-21)22(29)24-19-7-3-2-4-8-19/h2-4,7-10,17-18H,5-6,11-16H2,1H3,(H,24,29). The van der Waals surface area contributed by atoms with Crippen LogP contribution < -0.4 is 10.2 Å². The van der Waals surface area contributed by atoms with E-state index in [0.29, 0.717) is 11.8 Å². The quantitative estimate of drug-likeness (QED) is 0.842. The minimum absolute atomic E-state index is 0.107. The molecule has 2 fully saturated rings. The molecule has 158 valence electrons. The molecular weight excluding hydrogens is 378 g/mol. The van der Waals surface area contributed by atoms with Gasteiger partial charge >= 0.3 is 0 Å². The summed E-state index contributed by atoms with van der Waals surface area (Å²) < 4.78 is 0. The third kappa shape index (κ3) is 4.78. The number of rotatable bonds is 4. The Kier molecular flexibility index (Phi) is 6.26. The Morgan fingerprint density at radius 2 is 1.73 bits per heavy atom. The van der Waals surface area contributed by atoms with Crippen molar-refractivity contribution in [1.29, 1.82) is 0 Å². The molecule has 2 aliphatic heterocycles. The molecule has 0 aliphatic carbocycles. The number of piperidine rings is 2. The molecule has 0 radical (unpaired) electrons. The molecule has 1 N–H and O–H groups in total. The Labute approximate surface area is 177 Å². The molecule has 0 spiro atoms. The molecule has 2 saturated heterocycles. The van der Waals surface area contributed by atoms with Crippen LogP contribution in [0.2, 0.25) is 0 Å². The van der Waals surface area contributed by atoms with Crippen molar-refractivity contribution in [3.05, 3.63) is 48.2 Å². The predicted octanol–water partition coefficient (Wildman–Crippen LogP) is 3.20. The van der Waals surface area contributed by atoms with Gasteiger partial charge in [-0.2, -0.15) is 0 Å². The van der Waals surface area contributed by atoms with Gasteiger partial charge < -0.3 is 15.1 Å². The van der Waals surface area contributed by atoms with Gasteiger partial charge in [0.15, 0.2) is 11.5 Å². The van der Waals surface area contributed by atoms with Crippen LogP contribution in [0.25, 0.3) is 0 Å². The molecule has 4 rings (SSSR count). The van der Waals surface area contributed by atoms with Crippen molar-refractivity contribution in [3.63, 3.8) is 0 Å². The van der Waals surface area contributed by atoms with Gasteiger partial charge in [-0.05, 0) is 55.9 Å². The highest BCUT2D eigenvalue weighted by Crippen LogP contribution is 2.25. The van der Waals surface area contributed by atoms with Crippen LogP contribution in [-0.4, -0.2) is 53.1 Å². The van der Waals surface area contributed by atoms with Gasteiger partial charge in [0.2, 0.25) is 5.91 Å². The van der Waals surface area contributed by atoms with E-state index in [9.17, 15) is 9.59 Å². The fourth-order valence-electron chi connectivity index (χ4n) is 4.33. The molecule has 7 heteroatoms. The molecule has 1 atom stereocenters. The van der Waals surface area contributed by atoms with Crippen molar-refractivity contribution in [2.45, 2.75) is 32.6 Å². The minimum atomic E-state index is -0.277. The first-order chi connectivity index (χ1) is 14.6. The average Bonchev–Trinajstić information content (AvgIpc) is 2.79. The molecule has 2 aromatic rings. The lowest BCUT2D eigenvalue weighted by Crippen LogP contribution is -2.46. The van der Waals surface area contributed by atoms with E-state index in [2.05, 4.69) is 32.2 Å². The second-order valence-electron chi connectivity index (χ2n) is 8.39. The third-order valence-corrected chi connectivity index (χ3v) is 6.05. The molecule has 7 nitrogen and oxygen atoms in total. The number of anilines is 2. The van der Waals surface area contributed by atoms with Crippen molar-refractivity contribution >= 4 is 23.3 Å². The van der Waals surface area contributed by atoms with E-state index in [4.69, 9.17) is 0 Å². The number of carbonyl (C=O) groups is 2.